The highest BCUT2D eigenvalue weighted by Gasteiger charge is 2.19. The zero-order chi connectivity index (χ0) is 17.3. The average Bonchev–Trinajstić information content (AvgIpc) is 2.98. The van der Waals surface area contributed by atoms with Crippen LogP contribution in [0.1, 0.15) is 26.4 Å². The summed E-state index contributed by atoms with van der Waals surface area (Å²) in [5, 5.41) is 24.8. The topological polar surface area (TPSA) is 116 Å². The van der Waals surface area contributed by atoms with Crippen molar-refractivity contribution in [3.63, 3.8) is 0 Å². The highest BCUT2D eigenvalue weighted by atomic mass is 79.9. The van der Waals surface area contributed by atoms with Gasteiger partial charge >= 0.3 is 5.97 Å². The van der Waals surface area contributed by atoms with Crippen molar-refractivity contribution in [2.24, 2.45) is 0 Å². The van der Waals surface area contributed by atoms with Gasteiger partial charge in [0.1, 0.15) is 0 Å². The van der Waals surface area contributed by atoms with E-state index in [2.05, 4.69) is 26.4 Å². The van der Waals surface area contributed by atoms with E-state index < -0.39 is 11.9 Å². The quantitative estimate of drug-likeness (QED) is 0.713. The maximum atomic E-state index is 12.4. The number of carboxylic acids is 1. The van der Waals surface area contributed by atoms with Crippen LogP contribution in [0.5, 0.6) is 0 Å². The first-order valence-corrected chi connectivity index (χ1v) is 7.42. The second-order valence-electron chi connectivity index (χ2n) is 4.80. The summed E-state index contributed by atoms with van der Waals surface area (Å²) >= 11 is 3.30. The molecular weight excluding hydrogens is 378 g/mol. The summed E-state index contributed by atoms with van der Waals surface area (Å²) < 4.78 is 5.83. The number of hydrogen-bond acceptors (Lipinski definition) is 5. The van der Waals surface area contributed by atoms with Crippen LogP contribution in [0.2, 0.25) is 0 Å². The summed E-state index contributed by atoms with van der Waals surface area (Å²) in [6, 6.07) is 10.9. The van der Waals surface area contributed by atoms with Crippen molar-refractivity contribution in [1.29, 1.82) is 5.26 Å². The molecule has 1 heterocycles. The first kappa shape index (κ1) is 15.7. The number of nitrogens with one attached hydrogen (secondary N) is 1. The predicted molar refractivity (Wildman–Crippen MR) is 87.8 cm³/mol. The van der Waals surface area contributed by atoms with Gasteiger partial charge in [0.25, 0.3) is 5.91 Å². The van der Waals surface area contributed by atoms with Crippen molar-refractivity contribution in [1.82, 2.24) is 5.16 Å². The molecule has 3 rings (SSSR count). The fourth-order valence-corrected chi connectivity index (χ4v) is 2.52. The van der Waals surface area contributed by atoms with E-state index in [-0.39, 0.29) is 22.5 Å². The van der Waals surface area contributed by atoms with Gasteiger partial charge in [0.05, 0.1) is 28.3 Å². The van der Waals surface area contributed by atoms with E-state index in [9.17, 15) is 14.7 Å². The summed E-state index contributed by atoms with van der Waals surface area (Å²) in [6.45, 7) is 0. The Labute approximate surface area is 143 Å². The van der Waals surface area contributed by atoms with Gasteiger partial charge in [0.2, 0.25) is 0 Å². The summed E-state index contributed by atoms with van der Waals surface area (Å²) in [7, 11) is 0. The van der Waals surface area contributed by atoms with Gasteiger partial charge in [0, 0.05) is 4.47 Å². The second kappa shape index (κ2) is 6.14. The van der Waals surface area contributed by atoms with Crippen LogP contribution in [-0.4, -0.2) is 22.1 Å². The molecule has 118 valence electrons. The van der Waals surface area contributed by atoms with Gasteiger partial charge in [-0.1, -0.05) is 21.1 Å². The Hall–Kier alpha value is -3.18. The maximum absolute atomic E-state index is 12.4. The number of carbonyl (C=O) groups excluding carboxylic acids is 1. The molecule has 0 saturated heterocycles. The number of amides is 1. The first-order valence-electron chi connectivity index (χ1n) is 6.63. The minimum atomic E-state index is -1.25. The summed E-state index contributed by atoms with van der Waals surface area (Å²) in [6.07, 6.45) is 0. The number of benzene rings is 2. The normalized spacial score (nSPS) is 10.3. The lowest BCUT2D eigenvalue weighted by atomic mass is 10.1. The zero-order valence-corrected chi connectivity index (χ0v) is 13.5. The van der Waals surface area contributed by atoms with Crippen LogP contribution in [0.15, 0.2) is 45.4 Å². The van der Waals surface area contributed by atoms with Crippen molar-refractivity contribution in [3.05, 3.63) is 57.7 Å². The van der Waals surface area contributed by atoms with E-state index in [0.29, 0.717) is 11.0 Å². The van der Waals surface area contributed by atoms with E-state index in [1.807, 2.05) is 6.07 Å². The third-order valence-electron chi connectivity index (χ3n) is 3.27. The second-order valence-corrected chi connectivity index (χ2v) is 5.72. The van der Waals surface area contributed by atoms with E-state index in [4.69, 9.17) is 9.78 Å². The Morgan fingerprint density at radius 1 is 1.25 bits per heavy atom. The molecule has 0 aliphatic carbocycles. The fourth-order valence-electron chi connectivity index (χ4n) is 2.16. The highest BCUT2D eigenvalue weighted by Crippen LogP contribution is 2.24. The van der Waals surface area contributed by atoms with E-state index in [0.717, 1.165) is 4.47 Å². The van der Waals surface area contributed by atoms with Gasteiger partial charge in [-0.2, -0.15) is 5.26 Å². The van der Waals surface area contributed by atoms with Crippen molar-refractivity contribution in [2.45, 2.75) is 0 Å². The number of fused-ring (bicyclic) bond motifs is 1. The largest absolute Gasteiger partial charge is 0.478 e. The summed E-state index contributed by atoms with van der Waals surface area (Å²) in [5.74, 6) is -1.87. The Kier molecular flexibility index (Phi) is 4.02. The van der Waals surface area contributed by atoms with Crippen LogP contribution in [0.25, 0.3) is 11.0 Å². The number of hydrogen-bond donors (Lipinski definition) is 2. The SMILES string of the molecule is N#Cc1ccc(NC(=O)c2noc3ccc(Br)cc23)c(C(=O)O)c1. The molecule has 0 bridgehead atoms. The smallest absolute Gasteiger partial charge is 0.337 e. The molecule has 7 nitrogen and oxygen atoms in total. The third-order valence-corrected chi connectivity index (χ3v) is 3.77. The Bertz CT molecular complexity index is 1020. The van der Waals surface area contributed by atoms with Crippen molar-refractivity contribution in [2.75, 3.05) is 5.32 Å². The van der Waals surface area contributed by atoms with Crippen LogP contribution in [-0.2, 0) is 0 Å². The molecule has 0 radical (unpaired) electrons. The number of rotatable bonds is 3. The Morgan fingerprint density at radius 2 is 2.04 bits per heavy atom. The number of aromatic nitrogens is 1. The fraction of sp³-hybridized carbons (Fsp3) is 0. The molecule has 0 spiro atoms. The molecule has 0 atom stereocenters. The number of halogens is 1. The van der Waals surface area contributed by atoms with Gasteiger partial charge in [-0.15, -0.1) is 0 Å². The Morgan fingerprint density at radius 3 is 2.75 bits per heavy atom. The van der Waals surface area contributed by atoms with E-state index >= 15 is 0 Å². The molecule has 2 aromatic carbocycles. The van der Waals surface area contributed by atoms with Crippen LogP contribution in [0.3, 0.4) is 0 Å². The van der Waals surface area contributed by atoms with Gasteiger partial charge in [-0.3, -0.25) is 4.79 Å². The van der Waals surface area contributed by atoms with Crippen LogP contribution in [0.4, 0.5) is 5.69 Å². The first-order chi connectivity index (χ1) is 11.5. The lowest BCUT2D eigenvalue weighted by Crippen LogP contribution is -2.15. The van der Waals surface area contributed by atoms with Crippen LogP contribution in [0, 0.1) is 11.3 Å². The number of carbonyl (C=O) groups is 2. The minimum Gasteiger partial charge on any atom is -0.478 e. The van der Waals surface area contributed by atoms with E-state index in [1.165, 1.54) is 18.2 Å². The van der Waals surface area contributed by atoms with Crippen molar-refractivity contribution in [3.8, 4) is 6.07 Å². The van der Waals surface area contributed by atoms with Gasteiger partial charge in [0.15, 0.2) is 11.3 Å². The lowest BCUT2D eigenvalue weighted by Gasteiger charge is -2.07. The minimum absolute atomic E-state index is 0.0343. The number of nitriles is 1. The molecule has 0 aliphatic rings. The number of carboxylic acid groups (broad SMARTS) is 1. The molecule has 1 amide bonds. The molecule has 0 saturated carbocycles. The average molecular weight is 386 g/mol. The highest BCUT2D eigenvalue weighted by molar-refractivity contribution is 9.10. The van der Waals surface area contributed by atoms with Gasteiger partial charge < -0.3 is 14.9 Å². The maximum Gasteiger partial charge on any atom is 0.337 e. The monoisotopic (exact) mass is 385 g/mol. The summed E-state index contributed by atoms with van der Waals surface area (Å²) in [4.78, 5) is 23.7. The lowest BCUT2D eigenvalue weighted by molar-refractivity contribution is 0.0698. The number of aromatic carboxylic acids is 1. The third kappa shape index (κ3) is 2.85. The molecule has 0 aliphatic heterocycles. The molecule has 1 aromatic heterocycles. The molecule has 3 aromatic rings. The van der Waals surface area contributed by atoms with Gasteiger partial charge in [-0.25, -0.2) is 4.79 Å². The standard InChI is InChI=1S/C16H8BrN3O4/c17-9-2-4-13-11(6-9)14(20-24-13)15(21)19-12-3-1-8(7-18)5-10(12)16(22)23/h1-6H,(H,19,21)(H,22,23). The van der Waals surface area contributed by atoms with Gasteiger partial charge in [-0.05, 0) is 36.4 Å². The van der Waals surface area contributed by atoms with Crippen LogP contribution < -0.4 is 5.32 Å². The molecule has 2 N–H and O–H groups in total. The molecule has 0 unspecified atom stereocenters. The molecule has 0 fully saturated rings. The van der Waals surface area contributed by atoms with Crippen molar-refractivity contribution >= 4 is 44.5 Å². The Balaban J connectivity index is 1.99. The van der Waals surface area contributed by atoms with E-state index in [1.54, 1.807) is 18.2 Å². The molecular formula is C16H8BrN3O4. The van der Waals surface area contributed by atoms with Crippen molar-refractivity contribution < 1.29 is 19.2 Å². The summed E-state index contributed by atoms with van der Waals surface area (Å²) in [5.41, 5.74) is 0.531. The molecule has 24 heavy (non-hydrogen) atoms. The number of nitrogens with zero attached hydrogens (tertiary/aromatic N) is 2. The predicted octanol–water partition coefficient (Wildman–Crippen LogP) is 3.41. The molecule has 8 heteroatoms. The zero-order valence-electron chi connectivity index (χ0n) is 11.9. The van der Waals surface area contributed by atoms with Crippen LogP contribution >= 0.6 is 15.9 Å². The number of anilines is 1.